The maximum absolute atomic E-state index is 5.15. The smallest absolute Gasteiger partial charge is 0.140 e. The summed E-state index contributed by atoms with van der Waals surface area (Å²) in [5.74, 6) is 0.954. The fraction of sp³-hybridized carbons (Fsp3) is 0.111. The molecule has 0 saturated heterocycles. The van der Waals surface area contributed by atoms with Crippen molar-refractivity contribution in [2.75, 3.05) is 0 Å². The van der Waals surface area contributed by atoms with Gasteiger partial charge in [0.2, 0.25) is 0 Å². The molecule has 1 aromatic carbocycles. The van der Waals surface area contributed by atoms with E-state index in [0.717, 1.165) is 34.7 Å². The summed E-state index contributed by atoms with van der Waals surface area (Å²) in [6.07, 6.45) is 11.0. The Morgan fingerprint density at radius 1 is 1.13 bits per heavy atom. The number of benzene rings is 1. The molecule has 4 aromatic rings. The van der Waals surface area contributed by atoms with Crippen molar-refractivity contribution in [3.05, 3.63) is 78.8 Å². The number of furan rings is 1. The molecular formula is C18H16N4O. The van der Waals surface area contributed by atoms with Crippen LogP contribution in [0.2, 0.25) is 0 Å². The molecule has 0 unspecified atom stereocenters. The Kier molecular flexibility index (Phi) is 3.31. The average Bonchev–Trinajstić information content (AvgIpc) is 3.30. The lowest BCUT2D eigenvalue weighted by Crippen LogP contribution is -2.02. The summed E-state index contributed by atoms with van der Waals surface area (Å²) in [5.41, 5.74) is 4.45. The summed E-state index contributed by atoms with van der Waals surface area (Å²) in [7, 11) is 0. The molecule has 0 amide bonds. The normalized spacial score (nSPS) is 11.0. The summed E-state index contributed by atoms with van der Waals surface area (Å²) < 4.78 is 9.13. The van der Waals surface area contributed by atoms with Crippen molar-refractivity contribution < 1.29 is 4.42 Å². The number of hydrogen-bond donors (Lipinski definition) is 0. The van der Waals surface area contributed by atoms with Crippen molar-refractivity contribution in [2.24, 2.45) is 0 Å². The van der Waals surface area contributed by atoms with Crippen LogP contribution in [-0.2, 0) is 6.54 Å². The van der Waals surface area contributed by atoms with E-state index in [1.165, 1.54) is 0 Å². The van der Waals surface area contributed by atoms with Gasteiger partial charge >= 0.3 is 0 Å². The van der Waals surface area contributed by atoms with Crippen LogP contribution in [0.25, 0.3) is 17.1 Å². The third kappa shape index (κ3) is 2.57. The van der Waals surface area contributed by atoms with E-state index in [9.17, 15) is 0 Å². The molecule has 4 rings (SSSR count). The van der Waals surface area contributed by atoms with Gasteiger partial charge in [0.15, 0.2) is 0 Å². The predicted octanol–water partition coefficient (Wildman–Crippen LogP) is 3.69. The highest BCUT2D eigenvalue weighted by molar-refractivity contribution is 5.63. The van der Waals surface area contributed by atoms with E-state index in [0.29, 0.717) is 0 Å². The summed E-state index contributed by atoms with van der Waals surface area (Å²) >= 11 is 0. The summed E-state index contributed by atoms with van der Waals surface area (Å²) in [5, 5.41) is 4.27. The maximum Gasteiger partial charge on any atom is 0.140 e. The van der Waals surface area contributed by atoms with Gasteiger partial charge in [0.1, 0.15) is 5.82 Å². The van der Waals surface area contributed by atoms with Crippen LogP contribution in [0.15, 0.2) is 72.1 Å². The lowest BCUT2D eigenvalue weighted by Gasteiger charge is -2.11. The largest absolute Gasteiger partial charge is 0.472 e. The first-order valence-electron chi connectivity index (χ1n) is 7.44. The molecule has 0 aliphatic rings. The zero-order valence-corrected chi connectivity index (χ0v) is 12.8. The fourth-order valence-electron chi connectivity index (χ4n) is 2.72. The van der Waals surface area contributed by atoms with Crippen LogP contribution in [0.3, 0.4) is 0 Å². The molecule has 0 spiro atoms. The number of imidazole rings is 1. The van der Waals surface area contributed by atoms with E-state index in [2.05, 4.69) is 39.8 Å². The van der Waals surface area contributed by atoms with Gasteiger partial charge in [-0.1, -0.05) is 0 Å². The molecule has 5 nitrogen and oxygen atoms in total. The average molecular weight is 304 g/mol. The minimum atomic E-state index is 0.742. The molecule has 0 aliphatic carbocycles. The first-order valence-corrected chi connectivity index (χ1v) is 7.44. The molecular weight excluding hydrogens is 288 g/mol. The first kappa shape index (κ1) is 13.6. The van der Waals surface area contributed by atoms with E-state index >= 15 is 0 Å². The Balaban J connectivity index is 1.70. The molecule has 0 bridgehead atoms. The third-order valence-electron chi connectivity index (χ3n) is 3.87. The fourth-order valence-corrected chi connectivity index (χ4v) is 2.72. The van der Waals surface area contributed by atoms with Gasteiger partial charge in [-0.25, -0.2) is 9.67 Å². The molecule has 5 heteroatoms. The topological polar surface area (TPSA) is 48.8 Å². The van der Waals surface area contributed by atoms with Gasteiger partial charge in [0.05, 0.1) is 24.8 Å². The Hall–Kier alpha value is -3.08. The van der Waals surface area contributed by atoms with Gasteiger partial charge in [-0.15, -0.1) is 0 Å². The predicted molar refractivity (Wildman–Crippen MR) is 87.3 cm³/mol. The van der Waals surface area contributed by atoms with Gasteiger partial charge in [0, 0.05) is 35.9 Å². The van der Waals surface area contributed by atoms with Crippen LogP contribution in [0.5, 0.6) is 0 Å². The Bertz CT molecular complexity index is 905. The molecule has 3 heterocycles. The second-order valence-electron chi connectivity index (χ2n) is 5.46. The number of nitrogens with zero attached hydrogens (tertiary/aromatic N) is 4. The molecule has 3 aromatic heterocycles. The minimum absolute atomic E-state index is 0.742. The molecule has 114 valence electrons. The molecule has 0 saturated carbocycles. The quantitative estimate of drug-likeness (QED) is 0.578. The highest BCUT2D eigenvalue weighted by atomic mass is 16.3. The third-order valence-corrected chi connectivity index (χ3v) is 3.87. The first-order chi connectivity index (χ1) is 11.3. The Morgan fingerprint density at radius 3 is 2.83 bits per heavy atom. The van der Waals surface area contributed by atoms with E-state index < -0.39 is 0 Å². The van der Waals surface area contributed by atoms with E-state index in [4.69, 9.17) is 4.42 Å². The zero-order valence-electron chi connectivity index (χ0n) is 12.8. The minimum Gasteiger partial charge on any atom is -0.472 e. The number of rotatable bonds is 4. The van der Waals surface area contributed by atoms with Crippen molar-refractivity contribution in [3.63, 3.8) is 0 Å². The SMILES string of the molecule is Cc1cc(-n2cccn2)ccc1-c1nccn1Cc1ccoc1. The van der Waals surface area contributed by atoms with Crippen LogP contribution in [0, 0.1) is 6.92 Å². The second-order valence-corrected chi connectivity index (χ2v) is 5.46. The highest BCUT2D eigenvalue weighted by Crippen LogP contribution is 2.24. The van der Waals surface area contributed by atoms with Crippen LogP contribution < -0.4 is 0 Å². The Labute approximate surface area is 133 Å². The molecule has 0 N–H and O–H groups in total. The number of aromatic nitrogens is 4. The zero-order chi connectivity index (χ0) is 15.6. The summed E-state index contributed by atoms with van der Waals surface area (Å²) in [6, 6.07) is 10.2. The second kappa shape index (κ2) is 5.61. The summed E-state index contributed by atoms with van der Waals surface area (Å²) in [6.45, 7) is 2.84. The molecule has 23 heavy (non-hydrogen) atoms. The monoisotopic (exact) mass is 304 g/mol. The van der Waals surface area contributed by atoms with Gasteiger partial charge < -0.3 is 8.98 Å². The van der Waals surface area contributed by atoms with Gasteiger partial charge in [-0.3, -0.25) is 0 Å². The summed E-state index contributed by atoms with van der Waals surface area (Å²) in [4.78, 5) is 4.53. The van der Waals surface area contributed by atoms with Crippen LogP contribution in [0.1, 0.15) is 11.1 Å². The molecule has 0 aliphatic heterocycles. The van der Waals surface area contributed by atoms with Gasteiger partial charge in [-0.05, 0) is 42.8 Å². The lowest BCUT2D eigenvalue weighted by molar-refractivity contribution is 0.562. The van der Waals surface area contributed by atoms with Crippen molar-refractivity contribution in [1.82, 2.24) is 19.3 Å². The highest BCUT2D eigenvalue weighted by Gasteiger charge is 2.11. The van der Waals surface area contributed by atoms with Crippen molar-refractivity contribution in [3.8, 4) is 17.1 Å². The number of hydrogen-bond acceptors (Lipinski definition) is 3. The van der Waals surface area contributed by atoms with E-state index in [1.807, 2.05) is 35.4 Å². The molecule has 0 atom stereocenters. The van der Waals surface area contributed by atoms with Crippen molar-refractivity contribution in [1.29, 1.82) is 0 Å². The van der Waals surface area contributed by atoms with Gasteiger partial charge in [-0.2, -0.15) is 5.10 Å². The van der Waals surface area contributed by atoms with Crippen LogP contribution >= 0.6 is 0 Å². The standard InChI is InChI=1S/C18H16N4O/c1-14-11-16(22-8-2-6-20-22)3-4-17(14)18-19-7-9-21(18)12-15-5-10-23-13-15/h2-11,13H,12H2,1H3. The van der Waals surface area contributed by atoms with Gasteiger partial charge in [0.25, 0.3) is 0 Å². The van der Waals surface area contributed by atoms with Crippen LogP contribution in [-0.4, -0.2) is 19.3 Å². The lowest BCUT2D eigenvalue weighted by atomic mass is 10.1. The number of aryl methyl sites for hydroxylation is 1. The van der Waals surface area contributed by atoms with Crippen molar-refractivity contribution >= 4 is 0 Å². The molecule has 0 radical (unpaired) electrons. The van der Waals surface area contributed by atoms with Crippen molar-refractivity contribution in [2.45, 2.75) is 13.5 Å². The van der Waals surface area contributed by atoms with E-state index in [1.54, 1.807) is 18.7 Å². The maximum atomic E-state index is 5.15. The van der Waals surface area contributed by atoms with E-state index in [-0.39, 0.29) is 0 Å². The molecule has 0 fully saturated rings. The van der Waals surface area contributed by atoms with Crippen LogP contribution in [0.4, 0.5) is 0 Å². The Morgan fingerprint density at radius 2 is 2.09 bits per heavy atom.